The average molecular weight is 497 g/mol. The zero-order valence-electron chi connectivity index (χ0n) is 21.4. The van der Waals surface area contributed by atoms with Gasteiger partial charge in [0.05, 0.1) is 0 Å². The molecule has 0 aromatic heterocycles. The van der Waals surface area contributed by atoms with Crippen LogP contribution in [0.1, 0.15) is 99.3 Å². The van der Waals surface area contributed by atoms with Crippen molar-refractivity contribution in [1.29, 1.82) is 0 Å². The lowest BCUT2D eigenvalue weighted by atomic mass is 9.75. The monoisotopic (exact) mass is 496 g/mol. The first-order valence-corrected chi connectivity index (χ1v) is 13.5. The summed E-state index contributed by atoms with van der Waals surface area (Å²) in [4.78, 5) is 0. The number of halogens is 4. The molecule has 0 N–H and O–H groups in total. The third kappa shape index (κ3) is 5.68. The summed E-state index contributed by atoms with van der Waals surface area (Å²) in [5.74, 6) is -3.30. The van der Waals surface area contributed by atoms with Gasteiger partial charge in [-0.05, 0) is 84.6 Å². The van der Waals surface area contributed by atoms with Crippen LogP contribution < -0.4 is 0 Å². The van der Waals surface area contributed by atoms with Crippen molar-refractivity contribution in [2.45, 2.75) is 89.9 Å². The fourth-order valence-electron chi connectivity index (χ4n) is 5.64. The second kappa shape index (κ2) is 12.1. The summed E-state index contributed by atoms with van der Waals surface area (Å²) in [6.07, 6.45) is 7.90. The molecule has 192 valence electrons. The van der Waals surface area contributed by atoms with Gasteiger partial charge in [0.25, 0.3) is 0 Å². The standard InChI is InChI=1S/C32H36F4/c1-3-5-6-8-25-17-18-26(30(34)29(25)33)23-13-15-24(16-14-23)28-20-19-27(31(35)32(28)36)22-11-9-21(7-4-2)10-12-22/h9-12,17-20,23-24H,3-8,13-16H2,1-2H3. The number of unbranched alkanes of at least 4 members (excludes halogenated alkanes) is 2. The minimum absolute atomic E-state index is 0.103. The SMILES string of the molecule is CCCCCc1ccc(C2CCC(c3ccc(-c4ccc(CCC)cc4)c(F)c3F)CC2)c(F)c1F. The van der Waals surface area contributed by atoms with Gasteiger partial charge in [0, 0.05) is 5.56 Å². The first kappa shape index (κ1) is 26.4. The van der Waals surface area contributed by atoms with Gasteiger partial charge >= 0.3 is 0 Å². The molecule has 0 atom stereocenters. The van der Waals surface area contributed by atoms with Crippen molar-refractivity contribution in [2.24, 2.45) is 0 Å². The third-order valence-electron chi connectivity index (χ3n) is 7.76. The molecule has 4 heteroatoms. The van der Waals surface area contributed by atoms with E-state index < -0.39 is 23.3 Å². The van der Waals surface area contributed by atoms with E-state index in [0.717, 1.165) is 32.1 Å². The van der Waals surface area contributed by atoms with Gasteiger partial charge in [0.2, 0.25) is 0 Å². The minimum atomic E-state index is -0.815. The molecule has 0 bridgehead atoms. The van der Waals surface area contributed by atoms with Gasteiger partial charge in [-0.1, -0.05) is 81.6 Å². The Morgan fingerprint density at radius 1 is 0.583 bits per heavy atom. The molecule has 4 rings (SSSR count). The molecule has 0 unspecified atom stereocenters. The lowest BCUT2D eigenvalue weighted by Gasteiger charge is -2.30. The number of rotatable bonds is 9. The molecule has 0 amide bonds. The van der Waals surface area contributed by atoms with E-state index in [0.29, 0.717) is 54.4 Å². The van der Waals surface area contributed by atoms with Crippen molar-refractivity contribution in [2.75, 3.05) is 0 Å². The Hall–Kier alpha value is -2.62. The van der Waals surface area contributed by atoms with E-state index >= 15 is 8.78 Å². The largest absolute Gasteiger partial charge is 0.203 e. The molecule has 0 saturated heterocycles. The summed E-state index contributed by atoms with van der Waals surface area (Å²) >= 11 is 0. The van der Waals surface area contributed by atoms with Crippen LogP contribution in [0.5, 0.6) is 0 Å². The number of hydrogen-bond acceptors (Lipinski definition) is 0. The van der Waals surface area contributed by atoms with Crippen LogP contribution in [-0.2, 0) is 12.8 Å². The maximum atomic E-state index is 15.2. The number of aryl methyl sites for hydroxylation is 2. The normalized spacial score (nSPS) is 17.9. The Kier molecular flexibility index (Phi) is 8.87. The van der Waals surface area contributed by atoms with Crippen LogP contribution in [0.2, 0.25) is 0 Å². The zero-order valence-corrected chi connectivity index (χ0v) is 21.4. The Bertz CT molecular complexity index is 1160. The van der Waals surface area contributed by atoms with E-state index in [1.165, 1.54) is 5.56 Å². The van der Waals surface area contributed by atoms with Gasteiger partial charge in [0.1, 0.15) is 0 Å². The fourth-order valence-corrected chi connectivity index (χ4v) is 5.64. The third-order valence-corrected chi connectivity index (χ3v) is 7.76. The van der Waals surface area contributed by atoms with Crippen molar-refractivity contribution in [3.8, 4) is 11.1 Å². The van der Waals surface area contributed by atoms with Gasteiger partial charge in [-0.15, -0.1) is 0 Å². The Balaban J connectivity index is 1.45. The van der Waals surface area contributed by atoms with Crippen LogP contribution in [0.4, 0.5) is 17.6 Å². The summed E-state index contributed by atoms with van der Waals surface area (Å²) < 4.78 is 59.8. The Morgan fingerprint density at radius 2 is 1.17 bits per heavy atom. The molecular formula is C32H36F4. The number of hydrogen-bond donors (Lipinski definition) is 0. The van der Waals surface area contributed by atoms with Crippen LogP contribution in [0.25, 0.3) is 11.1 Å². The first-order valence-electron chi connectivity index (χ1n) is 13.5. The summed E-state index contributed by atoms with van der Waals surface area (Å²) in [6.45, 7) is 4.19. The van der Waals surface area contributed by atoms with Crippen molar-refractivity contribution < 1.29 is 17.6 Å². The van der Waals surface area contributed by atoms with E-state index in [2.05, 4.69) is 13.8 Å². The van der Waals surface area contributed by atoms with Crippen LogP contribution >= 0.6 is 0 Å². The van der Waals surface area contributed by atoms with E-state index in [1.54, 1.807) is 24.3 Å². The van der Waals surface area contributed by atoms with Gasteiger partial charge in [-0.2, -0.15) is 0 Å². The molecule has 0 radical (unpaired) electrons. The molecular weight excluding hydrogens is 460 g/mol. The van der Waals surface area contributed by atoms with E-state index in [4.69, 9.17) is 0 Å². The van der Waals surface area contributed by atoms with Crippen molar-refractivity contribution in [3.63, 3.8) is 0 Å². The highest BCUT2D eigenvalue weighted by molar-refractivity contribution is 5.65. The second-order valence-corrected chi connectivity index (χ2v) is 10.2. The quantitative estimate of drug-likeness (QED) is 0.204. The van der Waals surface area contributed by atoms with Crippen molar-refractivity contribution >= 4 is 0 Å². The fraction of sp³-hybridized carbons (Fsp3) is 0.438. The Labute approximate surface area is 212 Å². The molecule has 1 saturated carbocycles. The summed E-state index contributed by atoms with van der Waals surface area (Å²) in [6, 6.07) is 14.4. The van der Waals surface area contributed by atoms with Crippen molar-refractivity contribution in [1.82, 2.24) is 0 Å². The highest BCUT2D eigenvalue weighted by Gasteiger charge is 2.29. The maximum Gasteiger partial charge on any atom is 0.166 e. The second-order valence-electron chi connectivity index (χ2n) is 10.2. The predicted octanol–water partition coefficient (Wildman–Crippen LogP) is 10.0. The lowest BCUT2D eigenvalue weighted by molar-refractivity contribution is 0.369. The predicted molar refractivity (Wildman–Crippen MR) is 139 cm³/mol. The van der Waals surface area contributed by atoms with Gasteiger partial charge in [-0.3, -0.25) is 0 Å². The summed E-state index contributed by atoms with van der Waals surface area (Å²) in [7, 11) is 0. The topological polar surface area (TPSA) is 0 Å². The molecule has 3 aromatic carbocycles. The Morgan fingerprint density at radius 3 is 1.75 bits per heavy atom. The molecule has 0 spiro atoms. The highest BCUT2D eigenvalue weighted by atomic mass is 19.2. The van der Waals surface area contributed by atoms with Crippen LogP contribution in [0.3, 0.4) is 0 Å². The summed E-state index contributed by atoms with van der Waals surface area (Å²) in [5.41, 5.74) is 3.35. The molecule has 0 aliphatic heterocycles. The molecule has 0 heterocycles. The van der Waals surface area contributed by atoms with Crippen molar-refractivity contribution in [3.05, 3.63) is 94.1 Å². The van der Waals surface area contributed by atoms with Gasteiger partial charge in [0.15, 0.2) is 23.3 Å². The van der Waals surface area contributed by atoms with E-state index in [-0.39, 0.29) is 17.4 Å². The highest BCUT2D eigenvalue weighted by Crippen LogP contribution is 2.43. The minimum Gasteiger partial charge on any atom is -0.203 e. The van der Waals surface area contributed by atoms with Crippen LogP contribution in [0.15, 0.2) is 48.5 Å². The summed E-state index contributed by atoms with van der Waals surface area (Å²) in [5, 5.41) is 0. The van der Waals surface area contributed by atoms with E-state index in [9.17, 15) is 8.78 Å². The number of benzene rings is 3. The zero-order chi connectivity index (χ0) is 25.7. The van der Waals surface area contributed by atoms with Gasteiger partial charge < -0.3 is 0 Å². The molecule has 3 aromatic rings. The smallest absolute Gasteiger partial charge is 0.166 e. The van der Waals surface area contributed by atoms with Crippen LogP contribution in [0, 0.1) is 23.3 Å². The van der Waals surface area contributed by atoms with Gasteiger partial charge in [-0.25, -0.2) is 17.6 Å². The average Bonchev–Trinajstić information content (AvgIpc) is 2.89. The molecule has 1 fully saturated rings. The molecule has 1 aliphatic rings. The van der Waals surface area contributed by atoms with Crippen LogP contribution in [-0.4, -0.2) is 0 Å². The maximum absolute atomic E-state index is 15.2. The first-order chi connectivity index (χ1) is 17.4. The van der Waals surface area contributed by atoms with E-state index in [1.807, 2.05) is 24.3 Å². The molecule has 1 aliphatic carbocycles. The molecule has 0 nitrogen and oxygen atoms in total. The lowest BCUT2D eigenvalue weighted by Crippen LogP contribution is -2.15. The molecule has 36 heavy (non-hydrogen) atoms.